The lowest BCUT2D eigenvalue weighted by molar-refractivity contribution is -0.141. The third-order valence-electron chi connectivity index (χ3n) is 3.57. The summed E-state index contributed by atoms with van der Waals surface area (Å²) in [5.41, 5.74) is 3.83. The number of anilines is 1. The maximum atomic E-state index is 11.4. The van der Waals surface area contributed by atoms with E-state index < -0.39 is 0 Å². The average molecular weight is 233 g/mol. The lowest BCUT2D eigenvalue weighted by atomic mass is 9.85. The summed E-state index contributed by atoms with van der Waals surface area (Å²) in [6.45, 7) is 3.11. The predicted octanol–water partition coefficient (Wildman–Crippen LogP) is 2.48. The summed E-state index contributed by atoms with van der Waals surface area (Å²) >= 11 is 0. The molecule has 17 heavy (non-hydrogen) atoms. The van der Waals surface area contributed by atoms with Gasteiger partial charge in [0, 0.05) is 19.3 Å². The number of rotatable bonds is 2. The standard InChI is InChI=1S/C14H19NO2/c1-10-5-4-6-12-14(10)11(7-8-15(12)2)9-13(16)17-3/h4-6,11H,7-9H2,1-3H3. The molecule has 1 unspecified atom stereocenters. The van der Waals surface area contributed by atoms with Gasteiger partial charge in [0.1, 0.15) is 0 Å². The van der Waals surface area contributed by atoms with Crippen LogP contribution in [0.3, 0.4) is 0 Å². The number of hydrogen-bond acceptors (Lipinski definition) is 3. The molecule has 1 atom stereocenters. The Labute approximate surface area is 102 Å². The van der Waals surface area contributed by atoms with E-state index >= 15 is 0 Å². The van der Waals surface area contributed by atoms with Crippen LogP contribution in [-0.4, -0.2) is 26.7 Å². The second kappa shape index (κ2) is 4.78. The molecule has 0 aliphatic carbocycles. The van der Waals surface area contributed by atoms with E-state index in [9.17, 15) is 4.79 Å². The van der Waals surface area contributed by atoms with Gasteiger partial charge in [0.25, 0.3) is 0 Å². The van der Waals surface area contributed by atoms with Crippen LogP contribution in [0.5, 0.6) is 0 Å². The van der Waals surface area contributed by atoms with Crippen LogP contribution in [0.15, 0.2) is 18.2 Å². The summed E-state index contributed by atoms with van der Waals surface area (Å²) in [5.74, 6) is 0.184. The number of carbonyl (C=O) groups is 1. The number of benzene rings is 1. The van der Waals surface area contributed by atoms with Gasteiger partial charge in [0.15, 0.2) is 0 Å². The number of esters is 1. The van der Waals surface area contributed by atoms with Gasteiger partial charge in [0.05, 0.1) is 13.5 Å². The molecule has 3 nitrogen and oxygen atoms in total. The van der Waals surface area contributed by atoms with Crippen molar-refractivity contribution in [1.29, 1.82) is 0 Å². The predicted molar refractivity (Wildman–Crippen MR) is 68.4 cm³/mol. The molecule has 92 valence electrons. The first-order chi connectivity index (χ1) is 8.13. The average Bonchev–Trinajstić information content (AvgIpc) is 2.33. The first-order valence-corrected chi connectivity index (χ1v) is 6.01. The first-order valence-electron chi connectivity index (χ1n) is 6.01. The van der Waals surface area contributed by atoms with Crippen LogP contribution in [0.2, 0.25) is 0 Å². The number of hydrogen-bond donors (Lipinski definition) is 0. The number of nitrogens with zero attached hydrogens (tertiary/aromatic N) is 1. The molecule has 0 fully saturated rings. The summed E-state index contributed by atoms with van der Waals surface area (Å²) in [6, 6.07) is 6.32. The summed E-state index contributed by atoms with van der Waals surface area (Å²) in [5, 5.41) is 0. The highest BCUT2D eigenvalue weighted by Crippen LogP contribution is 2.38. The van der Waals surface area contributed by atoms with Crippen molar-refractivity contribution >= 4 is 11.7 Å². The summed E-state index contributed by atoms with van der Waals surface area (Å²) in [7, 11) is 3.56. The van der Waals surface area contributed by atoms with Crippen molar-refractivity contribution in [2.75, 3.05) is 25.6 Å². The molecule has 1 aliphatic rings. The Bertz CT molecular complexity index is 428. The van der Waals surface area contributed by atoms with Crippen molar-refractivity contribution in [3.63, 3.8) is 0 Å². The van der Waals surface area contributed by atoms with Gasteiger partial charge < -0.3 is 9.64 Å². The zero-order valence-corrected chi connectivity index (χ0v) is 10.7. The summed E-state index contributed by atoms with van der Waals surface area (Å²) in [6.07, 6.45) is 1.51. The van der Waals surface area contributed by atoms with E-state index in [2.05, 4.69) is 37.1 Å². The maximum Gasteiger partial charge on any atom is 0.306 e. The third-order valence-corrected chi connectivity index (χ3v) is 3.57. The molecule has 0 spiro atoms. The SMILES string of the molecule is COC(=O)CC1CCN(C)c2cccc(C)c21. The maximum absolute atomic E-state index is 11.4. The van der Waals surface area contributed by atoms with Crippen molar-refractivity contribution in [2.45, 2.75) is 25.7 Å². The largest absolute Gasteiger partial charge is 0.469 e. The van der Waals surface area contributed by atoms with Crippen molar-refractivity contribution in [2.24, 2.45) is 0 Å². The minimum absolute atomic E-state index is 0.117. The van der Waals surface area contributed by atoms with Gasteiger partial charge in [0.2, 0.25) is 0 Å². The van der Waals surface area contributed by atoms with Crippen molar-refractivity contribution < 1.29 is 9.53 Å². The van der Waals surface area contributed by atoms with Gasteiger partial charge in [-0.2, -0.15) is 0 Å². The van der Waals surface area contributed by atoms with E-state index in [-0.39, 0.29) is 5.97 Å². The van der Waals surface area contributed by atoms with Crippen LogP contribution < -0.4 is 4.90 Å². The normalized spacial score (nSPS) is 18.8. The molecule has 0 saturated carbocycles. The highest BCUT2D eigenvalue weighted by Gasteiger charge is 2.26. The van der Waals surface area contributed by atoms with Crippen LogP contribution >= 0.6 is 0 Å². The van der Waals surface area contributed by atoms with Crippen molar-refractivity contribution in [3.8, 4) is 0 Å². The molecular formula is C14H19NO2. The van der Waals surface area contributed by atoms with Crippen LogP contribution in [0.25, 0.3) is 0 Å². The second-order valence-corrected chi connectivity index (χ2v) is 4.70. The number of aryl methyl sites for hydroxylation is 1. The molecule has 2 rings (SSSR count). The van der Waals surface area contributed by atoms with Gasteiger partial charge in [-0.25, -0.2) is 0 Å². The third kappa shape index (κ3) is 2.28. The van der Waals surface area contributed by atoms with Crippen LogP contribution in [0, 0.1) is 6.92 Å². The molecular weight excluding hydrogens is 214 g/mol. The molecule has 1 heterocycles. The Kier molecular flexibility index (Phi) is 3.36. The van der Waals surface area contributed by atoms with E-state index in [0.717, 1.165) is 13.0 Å². The lowest BCUT2D eigenvalue weighted by Crippen LogP contribution is -2.29. The Hall–Kier alpha value is -1.51. The molecule has 3 heteroatoms. The molecule has 1 aromatic rings. The first kappa shape index (κ1) is 12.0. The quantitative estimate of drug-likeness (QED) is 0.735. The Balaban J connectivity index is 2.34. The summed E-state index contributed by atoms with van der Waals surface area (Å²) < 4.78 is 4.78. The van der Waals surface area contributed by atoms with Gasteiger partial charge in [-0.1, -0.05) is 12.1 Å². The lowest BCUT2D eigenvalue weighted by Gasteiger charge is -2.34. The van der Waals surface area contributed by atoms with E-state index in [1.165, 1.54) is 23.9 Å². The number of ether oxygens (including phenoxy) is 1. The summed E-state index contributed by atoms with van der Waals surface area (Å²) in [4.78, 5) is 13.7. The zero-order valence-electron chi connectivity index (χ0n) is 10.7. The van der Waals surface area contributed by atoms with E-state index in [0.29, 0.717) is 12.3 Å². The van der Waals surface area contributed by atoms with Crippen molar-refractivity contribution in [3.05, 3.63) is 29.3 Å². The van der Waals surface area contributed by atoms with Crippen LogP contribution in [-0.2, 0) is 9.53 Å². The fourth-order valence-corrected chi connectivity index (χ4v) is 2.63. The molecule has 0 radical (unpaired) electrons. The second-order valence-electron chi connectivity index (χ2n) is 4.70. The number of fused-ring (bicyclic) bond motifs is 1. The van der Waals surface area contributed by atoms with Gasteiger partial charge in [-0.3, -0.25) is 4.79 Å². The van der Waals surface area contributed by atoms with Crippen LogP contribution in [0.4, 0.5) is 5.69 Å². The van der Waals surface area contributed by atoms with Crippen molar-refractivity contribution in [1.82, 2.24) is 0 Å². The minimum atomic E-state index is -0.117. The van der Waals surface area contributed by atoms with E-state index in [4.69, 9.17) is 4.74 Å². The molecule has 1 aliphatic heterocycles. The van der Waals surface area contributed by atoms with Gasteiger partial charge in [-0.15, -0.1) is 0 Å². The molecule has 0 bridgehead atoms. The molecule has 1 aromatic carbocycles. The van der Waals surface area contributed by atoms with E-state index in [1.54, 1.807) is 0 Å². The Morgan fingerprint density at radius 2 is 2.29 bits per heavy atom. The topological polar surface area (TPSA) is 29.5 Å². The van der Waals surface area contributed by atoms with Gasteiger partial charge in [-0.05, 0) is 36.5 Å². The minimum Gasteiger partial charge on any atom is -0.469 e. The highest BCUT2D eigenvalue weighted by molar-refractivity contribution is 5.72. The molecule has 0 aromatic heterocycles. The van der Waals surface area contributed by atoms with Gasteiger partial charge >= 0.3 is 5.97 Å². The number of carbonyl (C=O) groups excluding carboxylic acids is 1. The zero-order chi connectivity index (χ0) is 12.4. The van der Waals surface area contributed by atoms with Crippen LogP contribution in [0.1, 0.15) is 29.9 Å². The fraction of sp³-hybridized carbons (Fsp3) is 0.500. The molecule has 0 amide bonds. The Morgan fingerprint density at radius 3 is 3.00 bits per heavy atom. The highest BCUT2D eigenvalue weighted by atomic mass is 16.5. The fourth-order valence-electron chi connectivity index (χ4n) is 2.63. The van der Waals surface area contributed by atoms with E-state index in [1.807, 2.05) is 0 Å². The Morgan fingerprint density at radius 1 is 1.53 bits per heavy atom. The molecule has 0 N–H and O–H groups in total. The molecule has 0 saturated heterocycles. The monoisotopic (exact) mass is 233 g/mol. The smallest absolute Gasteiger partial charge is 0.306 e. The number of methoxy groups -OCH3 is 1.